The lowest BCUT2D eigenvalue weighted by atomic mass is 9.77. The number of amides is 1. The Bertz CT molecular complexity index is 748. The number of hydrogen-bond acceptors (Lipinski definition) is 4. The van der Waals surface area contributed by atoms with Crippen LogP contribution < -0.4 is 5.73 Å². The maximum absolute atomic E-state index is 12.7. The topological polar surface area (TPSA) is 92.8 Å². The minimum absolute atomic E-state index is 0.0608. The molecule has 23 heavy (non-hydrogen) atoms. The van der Waals surface area contributed by atoms with E-state index in [1.807, 2.05) is 18.0 Å². The van der Waals surface area contributed by atoms with Crippen LogP contribution in [0, 0.1) is 6.92 Å². The lowest BCUT2D eigenvalue weighted by Gasteiger charge is -2.40. The van der Waals surface area contributed by atoms with E-state index in [1.54, 1.807) is 10.7 Å². The molecule has 1 amide bonds. The van der Waals surface area contributed by atoms with Gasteiger partial charge in [-0.15, -0.1) is 0 Å². The van der Waals surface area contributed by atoms with Gasteiger partial charge in [0.15, 0.2) is 0 Å². The van der Waals surface area contributed by atoms with E-state index in [-0.39, 0.29) is 17.9 Å². The molecule has 1 atom stereocenters. The quantitative estimate of drug-likeness (QED) is 0.865. The number of nitrogens with two attached hydrogens (primary N) is 1. The molecule has 122 valence electrons. The van der Waals surface area contributed by atoms with Crippen molar-refractivity contribution in [2.75, 3.05) is 18.8 Å². The van der Waals surface area contributed by atoms with Crippen LogP contribution in [0.25, 0.3) is 0 Å². The molecule has 2 aliphatic rings. The Morgan fingerprint density at radius 1 is 1.48 bits per heavy atom. The van der Waals surface area contributed by atoms with Gasteiger partial charge in [-0.25, -0.2) is 4.68 Å². The van der Waals surface area contributed by atoms with Gasteiger partial charge in [0, 0.05) is 30.3 Å². The van der Waals surface area contributed by atoms with E-state index < -0.39 is 0 Å². The van der Waals surface area contributed by atoms with E-state index in [1.165, 1.54) is 11.3 Å². The van der Waals surface area contributed by atoms with Crippen LogP contribution in [0.1, 0.15) is 36.2 Å². The number of aryl methyl sites for hydroxylation is 2. The summed E-state index contributed by atoms with van der Waals surface area (Å²) < 4.78 is 1.59. The van der Waals surface area contributed by atoms with E-state index >= 15 is 0 Å². The van der Waals surface area contributed by atoms with Crippen LogP contribution in [0.2, 0.25) is 0 Å². The largest absolute Gasteiger partial charge is 0.384 e. The molecule has 0 bridgehead atoms. The second kappa shape index (κ2) is 5.11. The van der Waals surface area contributed by atoms with Gasteiger partial charge in [0.25, 0.3) is 0 Å². The summed E-state index contributed by atoms with van der Waals surface area (Å²) in [5.74, 6) is 0.631. The molecule has 3 N–H and O–H groups in total. The number of anilines is 1. The Morgan fingerprint density at radius 3 is 3.13 bits per heavy atom. The molecule has 1 aliphatic carbocycles. The number of nitrogen functional groups attached to an aromatic ring is 1. The minimum atomic E-state index is 0.0608. The number of rotatable bonds is 2. The second-order valence-corrected chi connectivity index (χ2v) is 6.84. The zero-order valence-electron chi connectivity index (χ0n) is 13.4. The van der Waals surface area contributed by atoms with Crippen LogP contribution in [-0.4, -0.2) is 43.9 Å². The highest BCUT2D eigenvalue weighted by Crippen LogP contribution is 2.43. The smallest absolute Gasteiger partial charge is 0.244 e. The number of likely N-dealkylation sites (tertiary alicyclic amines) is 1. The van der Waals surface area contributed by atoms with Gasteiger partial charge in [-0.05, 0) is 38.2 Å². The third-order valence-electron chi connectivity index (χ3n) is 5.27. The number of nitrogens with zero attached hydrogens (tertiary/aromatic N) is 4. The molecule has 1 fully saturated rings. The fraction of sp³-hybridized carbons (Fsp3) is 0.562. The van der Waals surface area contributed by atoms with E-state index in [2.05, 4.69) is 15.3 Å². The van der Waals surface area contributed by atoms with Gasteiger partial charge in [0.05, 0.1) is 11.9 Å². The summed E-state index contributed by atoms with van der Waals surface area (Å²) in [7, 11) is 0. The van der Waals surface area contributed by atoms with E-state index in [0.29, 0.717) is 5.82 Å². The molecule has 1 unspecified atom stereocenters. The Balaban J connectivity index is 1.52. The lowest BCUT2D eigenvalue weighted by Crippen LogP contribution is -2.48. The zero-order valence-corrected chi connectivity index (χ0v) is 13.4. The normalized spacial score (nSPS) is 23.4. The van der Waals surface area contributed by atoms with Crippen LogP contribution in [0.3, 0.4) is 0 Å². The van der Waals surface area contributed by atoms with Gasteiger partial charge in [-0.3, -0.25) is 9.89 Å². The molecule has 0 saturated carbocycles. The number of aromatic nitrogens is 4. The van der Waals surface area contributed by atoms with Gasteiger partial charge in [0.1, 0.15) is 12.4 Å². The van der Waals surface area contributed by atoms with Crippen LogP contribution in [0.4, 0.5) is 5.82 Å². The highest BCUT2D eigenvalue weighted by atomic mass is 16.2. The standard InChI is InChI=1S/C16H22N6O/c1-11-7-13(17)22(20-11)9-14(23)21-6-2-4-16(10-21)5-3-12-8-18-19-15(12)16/h7-8H,2-6,9-10,17H2,1H3,(H,18,19). The Hall–Kier alpha value is -2.31. The fourth-order valence-corrected chi connectivity index (χ4v) is 4.13. The monoisotopic (exact) mass is 314 g/mol. The van der Waals surface area contributed by atoms with Crippen molar-refractivity contribution in [1.82, 2.24) is 24.9 Å². The fourth-order valence-electron chi connectivity index (χ4n) is 4.13. The molecule has 0 aromatic carbocycles. The molecular formula is C16H22N6O. The SMILES string of the molecule is Cc1cc(N)n(CC(=O)N2CCCC3(CCc4cn[nH]c43)C2)n1. The lowest BCUT2D eigenvalue weighted by molar-refractivity contribution is -0.134. The molecule has 1 saturated heterocycles. The number of nitrogens with one attached hydrogen (secondary N) is 1. The first-order valence-corrected chi connectivity index (χ1v) is 8.18. The highest BCUT2D eigenvalue weighted by molar-refractivity contribution is 5.76. The number of piperidine rings is 1. The van der Waals surface area contributed by atoms with Crippen molar-refractivity contribution < 1.29 is 4.79 Å². The van der Waals surface area contributed by atoms with Crippen molar-refractivity contribution in [2.45, 2.75) is 44.6 Å². The summed E-state index contributed by atoms with van der Waals surface area (Å²) in [5.41, 5.74) is 9.35. The number of carbonyl (C=O) groups excluding carboxylic acids is 1. The number of aromatic amines is 1. The van der Waals surface area contributed by atoms with Crippen LogP contribution in [-0.2, 0) is 23.2 Å². The van der Waals surface area contributed by atoms with Crippen molar-refractivity contribution in [3.05, 3.63) is 29.2 Å². The maximum atomic E-state index is 12.7. The predicted octanol–water partition coefficient (Wildman–Crippen LogP) is 1.00. The predicted molar refractivity (Wildman–Crippen MR) is 85.8 cm³/mol. The second-order valence-electron chi connectivity index (χ2n) is 6.84. The third-order valence-corrected chi connectivity index (χ3v) is 5.27. The molecule has 7 nitrogen and oxygen atoms in total. The molecule has 2 aromatic rings. The average Bonchev–Trinajstić information content (AvgIpc) is 3.19. The molecule has 4 rings (SSSR count). The first kappa shape index (κ1) is 14.3. The van der Waals surface area contributed by atoms with Crippen LogP contribution in [0.5, 0.6) is 0 Å². The van der Waals surface area contributed by atoms with E-state index in [0.717, 1.165) is 44.5 Å². The number of H-pyrrole nitrogens is 1. The van der Waals surface area contributed by atoms with Gasteiger partial charge in [-0.1, -0.05) is 0 Å². The summed E-state index contributed by atoms with van der Waals surface area (Å²) >= 11 is 0. The molecular weight excluding hydrogens is 292 g/mol. The van der Waals surface area contributed by atoms with Crippen molar-refractivity contribution >= 4 is 11.7 Å². The average molecular weight is 314 g/mol. The van der Waals surface area contributed by atoms with Gasteiger partial charge >= 0.3 is 0 Å². The van der Waals surface area contributed by atoms with Gasteiger partial charge < -0.3 is 10.6 Å². The number of hydrogen-bond donors (Lipinski definition) is 2. The Labute approximate surface area is 134 Å². The Kier molecular flexibility index (Phi) is 3.18. The third kappa shape index (κ3) is 2.31. The van der Waals surface area contributed by atoms with Crippen molar-refractivity contribution in [3.8, 4) is 0 Å². The molecule has 7 heteroatoms. The summed E-state index contributed by atoms with van der Waals surface area (Å²) in [6.07, 6.45) is 6.23. The molecule has 3 heterocycles. The van der Waals surface area contributed by atoms with Crippen molar-refractivity contribution in [1.29, 1.82) is 0 Å². The minimum Gasteiger partial charge on any atom is -0.384 e. The summed E-state index contributed by atoms with van der Waals surface area (Å²) in [4.78, 5) is 14.7. The summed E-state index contributed by atoms with van der Waals surface area (Å²) in [6, 6.07) is 1.79. The van der Waals surface area contributed by atoms with E-state index in [9.17, 15) is 4.79 Å². The molecule has 0 radical (unpaired) electrons. The highest BCUT2D eigenvalue weighted by Gasteiger charge is 2.44. The zero-order chi connectivity index (χ0) is 16.0. The molecule has 1 spiro atoms. The van der Waals surface area contributed by atoms with Crippen molar-refractivity contribution in [3.63, 3.8) is 0 Å². The molecule has 1 aliphatic heterocycles. The van der Waals surface area contributed by atoms with Crippen molar-refractivity contribution in [2.24, 2.45) is 0 Å². The van der Waals surface area contributed by atoms with E-state index in [4.69, 9.17) is 5.73 Å². The van der Waals surface area contributed by atoms with Crippen LogP contribution >= 0.6 is 0 Å². The summed E-state index contributed by atoms with van der Waals surface area (Å²) in [6.45, 7) is 3.67. The first-order valence-electron chi connectivity index (χ1n) is 8.18. The molecule has 2 aromatic heterocycles. The Morgan fingerprint density at radius 2 is 2.35 bits per heavy atom. The van der Waals surface area contributed by atoms with Gasteiger partial charge in [-0.2, -0.15) is 10.2 Å². The number of fused-ring (bicyclic) bond motifs is 2. The maximum Gasteiger partial charge on any atom is 0.244 e. The van der Waals surface area contributed by atoms with Gasteiger partial charge in [0.2, 0.25) is 5.91 Å². The summed E-state index contributed by atoms with van der Waals surface area (Å²) in [5, 5.41) is 11.7. The number of carbonyl (C=O) groups is 1. The van der Waals surface area contributed by atoms with Crippen LogP contribution in [0.15, 0.2) is 12.3 Å². The first-order chi connectivity index (χ1) is 11.1.